The first-order valence-electron chi connectivity index (χ1n) is 9.06. The van der Waals surface area contributed by atoms with Gasteiger partial charge in [0.15, 0.2) is 0 Å². The number of likely N-dealkylation sites (tertiary alicyclic amines) is 1. The summed E-state index contributed by atoms with van der Waals surface area (Å²) in [5.41, 5.74) is 0.999. The average molecular weight is 391 g/mol. The molecule has 1 atom stereocenters. The maximum absolute atomic E-state index is 12.7. The number of methoxy groups -OCH3 is 2. The van der Waals surface area contributed by atoms with E-state index in [0.717, 1.165) is 37.2 Å². The number of benzene rings is 2. The SMILES string of the molecule is COc1ccc(S(=O)(=O)NCC(c2ccccc2OC)N2CCCC2)cc1. The zero-order chi connectivity index (χ0) is 19.3. The third-order valence-electron chi connectivity index (χ3n) is 4.92. The molecule has 1 heterocycles. The highest BCUT2D eigenvalue weighted by Gasteiger charge is 2.27. The van der Waals surface area contributed by atoms with Crippen molar-refractivity contribution in [2.45, 2.75) is 23.8 Å². The molecule has 2 aromatic rings. The predicted molar refractivity (Wildman–Crippen MR) is 105 cm³/mol. The van der Waals surface area contributed by atoms with Gasteiger partial charge >= 0.3 is 0 Å². The Balaban J connectivity index is 1.81. The molecule has 7 heteroatoms. The van der Waals surface area contributed by atoms with E-state index in [4.69, 9.17) is 9.47 Å². The summed E-state index contributed by atoms with van der Waals surface area (Å²) in [4.78, 5) is 2.54. The van der Waals surface area contributed by atoms with Crippen LogP contribution >= 0.6 is 0 Å². The first-order valence-corrected chi connectivity index (χ1v) is 10.5. The second-order valence-electron chi connectivity index (χ2n) is 6.53. The quantitative estimate of drug-likeness (QED) is 0.751. The zero-order valence-corrected chi connectivity index (χ0v) is 16.5. The lowest BCUT2D eigenvalue weighted by Gasteiger charge is -2.29. The molecule has 2 aromatic carbocycles. The Morgan fingerprint density at radius 2 is 1.67 bits per heavy atom. The molecule has 0 saturated carbocycles. The van der Waals surface area contributed by atoms with E-state index in [0.29, 0.717) is 5.75 Å². The monoisotopic (exact) mass is 390 g/mol. The van der Waals surface area contributed by atoms with Crippen LogP contribution < -0.4 is 14.2 Å². The Morgan fingerprint density at radius 1 is 1.00 bits per heavy atom. The number of nitrogens with zero attached hydrogens (tertiary/aromatic N) is 1. The van der Waals surface area contributed by atoms with Crippen molar-refractivity contribution in [2.75, 3.05) is 33.9 Å². The van der Waals surface area contributed by atoms with Gasteiger partial charge in [-0.3, -0.25) is 4.90 Å². The fourth-order valence-electron chi connectivity index (χ4n) is 3.46. The van der Waals surface area contributed by atoms with Gasteiger partial charge in [-0.05, 0) is 56.3 Å². The van der Waals surface area contributed by atoms with Gasteiger partial charge in [-0.15, -0.1) is 0 Å². The van der Waals surface area contributed by atoms with E-state index in [-0.39, 0.29) is 17.5 Å². The Morgan fingerprint density at radius 3 is 2.30 bits per heavy atom. The fourth-order valence-corrected chi connectivity index (χ4v) is 4.50. The molecule has 6 nitrogen and oxygen atoms in total. The molecule has 0 aliphatic carbocycles. The maximum Gasteiger partial charge on any atom is 0.240 e. The number of rotatable bonds is 8. The molecule has 1 N–H and O–H groups in total. The van der Waals surface area contributed by atoms with Gasteiger partial charge < -0.3 is 9.47 Å². The van der Waals surface area contributed by atoms with Crippen LogP contribution in [0, 0.1) is 0 Å². The highest BCUT2D eigenvalue weighted by Crippen LogP contribution is 2.31. The van der Waals surface area contributed by atoms with Crippen LogP contribution in [0.25, 0.3) is 0 Å². The molecule has 27 heavy (non-hydrogen) atoms. The number of para-hydroxylation sites is 1. The summed E-state index contributed by atoms with van der Waals surface area (Å²) in [5, 5.41) is 0. The minimum Gasteiger partial charge on any atom is -0.497 e. The van der Waals surface area contributed by atoms with Crippen LogP contribution in [-0.4, -0.2) is 47.2 Å². The summed E-state index contributed by atoms with van der Waals surface area (Å²) in [6, 6.07) is 14.1. The predicted octanol–water partition coefficient (Wildman–Crippen LogP) is 2.82. The van der Waals surface area contributed by atoms with Gasteiger partial charge in [-0.2, -0.15) is 0 Å². The van der Waals surface area contributed by atoms with Crippen molar-refractivity contribution in [1.82, 2.24) is 9.62 Å². The smallest absolute Gasteiger partial charge is 0.240 e. The number of ether oxygens (including phenoxy) is 2. The van der Waals surface area contributed by atoms with Crippen molar-refractivity contribution in [1.29, 1.82) is 0 Å². The van der Waals surface area contributed by atoms with Crippen molar-refractivity contribution in [2.24, 2.45) is 0 Å². The van der Waals surface area contributed by atoms with E-state index in [2.05, 4.69) is 9.62 Å². The molecule has 0 radical (unpaired) electrons. The molecule has 0 bridgehead atoms. The molecular weight excluding hydrogens is 364 g/mol. The van der Waals surface area contributed by atoms with Crippen LogP contribution in [0.15, 0.2) is 53.4 Å². The summed E-state index contributed by atoms with van der Waals surface area (Å²) in [5.74, 6) is 1.40. The zero-order valence-electron chi connectivity index (χ0n) is 15.7. The molecule has 1 fully saturated rings. The molecule has 0 spiro atoms. The van der Waals surface area contributed by atoms with Gasteiger partial charge in [0.1, 0.15) is 11.5 Å². The van der Waals surface area contributed by atoms with Gasteiger partial charge in [0, 0.05) is 12.1 Å². The summed E-state index contributed by atoms with van der Waals surface area (Å²) < 4.78 is 38.8. The first-order chi connectivity index (χ1) is 13.0. The molecule has 146 valence electrons. The Hall–Kier alpha value is -2.09. The van der Waals surface area contributed by atoms with E-state index < -0.39 is 10.0 Å². The summed E-state index contributed by atoms with van der Waals surface area (Å²) in [6.45, 7) is 2.19. The Labute approximate surface area is 161 Å². The molecule has 1 saturated heterocycles. The lowest BCUT2D eigenvalue weighted by molar-refractivity contribution is 0.240. The lowest BCUT2D eigenvalue weighted by atomic mass is 10.0. The van der Waals surface area contributed by atoms with E-state index in [9.17, 15) is 8.42 Å². The van der Waals surface area contributed by atoms with Crippen LogP contribution in [0.3, 0.4) is 0 Å². The molecule has 1 aliphatic rings. The second-order valence-corrected chi connectivity index (χ2v) is 8.30. The molecule has 0 aromatic heterocycles. The standard InChI is InChI=1S/C20H26N2O4S/c1-25-16-9-11-17(12-10-16)27(23,24)21-15-19(22-13-5-6-14-22)18-7-3-4-8-20(18)26-2/h3-4,7-12,19,21H,5-6,13-15H2,1-2H3. The van der Waals surface area contributed by atoms with E-state index in [1.165, 1.54) is 0 Å². The van der Waals surface area contributed by atoms with E-state index >= 15 is 0 Å². The lowest BCUT2D eigenvalue weighted by Crippen LogP contribution is -2.37. The third kappa shape index (κ3) is 4.61. The summed E-state index contributed by atoms with van der Waals surface area (Å²) in [7, 11) is -0.419. The number of sulfonamides is 1. The number of nitrogens with one attached hydrogen (secondary N) is 1. The second kappa shape index (κ2) is 8.73. The van der Waals surface area contributed by atoms with Crippen LogP contribution in [-0.2, 0) is 10.0 Å². The molecular formula is C20H26N2O4S. The van der Waals surface area contributed by atoms with E-state index in [1.807, 2.05) is 24.3 Å². The van der Waals surface area contributed by atoms with Gasteiger partial charge in [0.2, 0.25) is 10.0 Å². The summed E-state index contributed by atoms with van der Waals surface area (Å²) >= 11 is 0. The number of hydrogen-bond donors (Lipinski definition) is 1. The van der Waals surface area contributed by atoms with Crippen molar-refractivity contribution < 1.29 is 17.9 Å². The highest BCUT2D eigenvalue weighted by molar-refractivity contribution is 7.89. The summed E-state index contributed by atoms with van der Waals surface area (Å²) in [6.07, 6.45) is 2.24. The Kier molecular flexibility index (Phi) is 6.36. The minimum absolute atomic E-state index is 0.0725. The molecule has 1 unspecified atom stereocenters. The fraction of sp³-hybridized carbons (Fsp3) is 0.400. The van der Waals surface area contributed by atoms with Crippen molar-refractivity contribution in [3.63, 3.8) is 0 Å². The first kappa shape index (κ1) is 19.7. The minimum atomic E-state index is -3.61. The highest BCUT2D eigenvalue weighted by atomic mass is 32.2. The van der Waals surface area contributed by atoms with Gasteiger partial charge in [-0.25, -0.2) is 13.1 Å². The van der Waals surface area contributed by atoms with E-state index in [1.54, 1.807) is 38.5 Å². The van der Waals surface area contributed by atoms with Crippen LogP contribution in [0.2, 0.25) is 0 Å². The van der Waals surface area contributed by atoms with Crippen LogP contribution in [0.5, 0.6) is 11.5 Å². The van der Waals surface area contributed by atoms with Crippen molar-refractivity contribution in [3.8, 4) is 11.5 Å². The number of hydrogen-bond acceptors (Lipinski definition) is 5. The van der Waals surface area contributed by atoms with Crippen LogP contribution in [0.1, 0.15) is 24.4 Å². The normalized spacial score (nSPS) is 16.2. The topological polar surface area (TPSA) is 67.9 Å². The largest absolute Gasteiger partial charge is 0.497 e. The average Bonchev–Trinajstić information content (AvgIpc) is 3.23. The van der Waals surface area contributed by atoms with Gasteiger partial charge in [0.05, 0.1) is 25.2 Å². The van der Waals surface area contributed by atoms with Gasteiger partial charge in [0.25, 0.3) is 0 Å². The third-order valence-corrected chi connectivity index (χ3v) is 6.36. The maximum atomic E-state index is 12.7. The molecule has 3 rings (SSSR count). The Bertz CT molecular complexity index is 847. The molecule has 0 amide bonds. The van der Waals surface area contributed by atoms with Gasteiger partial charge in [-0.1, -0.05) is 18.2 Å². The van der Waals surface area contributed by atoms with Crippen LogP contribution in [0.4, 0.5) is 0 Å². The van der Waals surface area contributed by atoms with Crippen molar-refractivity contribution >= 4 is 10.0 Å². The van der Waals surface area contributed by atoms with Crippen molar-refractivity contribution in [3.05, 3.63) is 54.1 Å². The molecule has 1 aliphatic heterocycles.